The average molecular weight is 666 g/mol. The van der Waals surface area contributed by atoms with Gasteiger partial charge in [-0.05, 0) is 52.3 Å². The van der Waals surface area contributed by atoms with Crippen molar-refractivity contribution in [3.63, 3.8) is 0 Å². The maximum atomic E-state index is 11.2. The second kappa shape index (κ2) is 15.0. The van der Waals surface area contributed by atoms with E-state index in [1.165, 1.54) is 32.1 Å². The molecule has 1 heterocycles. The molecule has 0 aliphatic heterocycles. The van der Waals surface area contributed by atoms with Gasteiger partial charge >= 0.3 is 12.0 Å². The Morgan fingerprint density at radius 2 is 0.872 bits per heavy atom. The van der Waals surface area contributed by atoms with Crippen LogP contribution in [0.4, 0.5) is 0 Å². The zero-order valence-corrected chi connectivity index (χ0v) is 32.0. The highest BCUT2D eigenvalue weighted by atomic mass is 32.2. The number of hydrogen-bond donors (Lipinski definition) is 2. The van der Waals surface area contributed by atoms with Crippen molar-refractivity contribution in [1.29, 1.82) is 0 Å². The second-order valence-corrected chi connectivity index (χ2v) is 17.8. The third-order valence-corrected chi connectivity index (χ3v) is 9.05. The van der Waals surface area contributed by atoms with Crippen LogP contribution in [0, 0.1) is 0 Å². The molecule has 0 bridgehead atoms. The van der Waals surface area contributed by atoms with Crippen molar-refractivity contribution in [3.8, 4) is 35.0 Å². The third kappa shape index (κ3) is 10.8. The van der Waals surface area contributed by atoms with E-state index in [9.17, 15) is 10.2 Å². The summed E-state index contributed by atoms with van der Waals surface area (Å²) in [5.41, 5.74) is 1.89. The number of benzene rings is 2. The number of hydrogen-bond acceptors (Lipinski definition) is 8. The Morgan fingerprint density at radius 1 is 0.532 bits per heavy atom. The fourth-order valence-electron chi connectivity index (χ4n) is 5.35. The van der Waals surface area contributed by atoms with Crippen LogP contribution in [0.2, 0.25) is 0 Å². The highest BCUT2D eigenvalue weighted by Gasteiger charge is 2.29. The number of ether oxygens (including phenoxy) is 2. The van der Waals surface area contributed by atoms with E-state index in [1.54, 1.807) is 11.8 Å². The molecule has 0 amide bonds. The summed E-state index contributed by atoms with van der Waals surface area (Å²) in [6.45, 7) is 27.1. The van der Waals surface area contributed by atoms with E-state index in [1.807, 2.05) is 24.3 Å². The molecule has 3 rings (SSSR count). The summed E-state index contributed by atoms with van der Waals surface area (Å²) in [6, 6.07) is 7.70. The second-order valence-electron chi connectivity index (χ2n) is 16.7. The van der Waals surface area contributed by atoms with Crippen LogP contribution in [-0.2, 0) is 21.7 Å². The monoisotopic (exact) mass is 665 g/mol. The van der Waals surface area contributed by atoms with Crippen molar-refractivity contribution in [2.75, 3.05) is 5.75 Å². The normalized spacial score (nSPS) is 12.8. The molecule has 7 nitrogen and oxygen atoms in total. The Bertz CT molecular complexity index is 1340. The molecule has 8 heteroatoms. The van der Waals surface area contributed by atoms with Crippen LogP contribution in [0.25, 0.3) is 0 Å². The van der Waals surface area contributed by atoms with Gasteiger partial charge in [0.2, 0.25) is 0 Å². The van der Waals surface area contributed by atoms with E-state index >= 15 is 0 Å². The van der Waals surface area contributed by atoms with Crippen LogP contribution >= 0.6 is 11.8 Å². The maximum absolute atomic E-state index is 11.2. The molecule has 260 valence electrons. The van der Waals surface area contributed by atoms with Crippen LogP contribution in [0.15, 0.2) is 29.4 Å². The topological polar surface area (TPSA) is 97.6 Å². The van der Waals surface area contributed by atoms with Crippen LogP contribution in [0.3, 0.4) is 0 Å². The first-order valence-electron chi connectivity index (χ1n) is 17.1. The molecule has 0 radical (unpaired) electrons. The van der Waals surface area contributed by atoms with Gasteiger partial charge in [-0.25, -0.2) is 0 Å². The SMILES string of the molecule is CCCCCCCCSc1nc(Oc2cc(C(C)(C)C)c(O)c(C(C)(C)C)c2)nc(Oc2cc(C(C)(C)C)c(O)c(C(C)(C)C)c2)n1. The van der Waals surface area contributed by atoms with Gasteiger partial charge in [0.25, 0.3) is 0 Å². The summed E-state index contributed by atoms with van der Waals surface area (Å²) >= 11 is 1.57. The van der Waals surface area contributed by atoms with Gasteiger partial charge in [-0.1, -0.05) is 134 Å². The fourth-order valence-corrected chi connectivity index (χ4v) is 6.17. The maximum Gasteiger partial charge on any atom is 0.329 e. The van der Waals surface area contributed by atoms with Crippen molar-refractivity contribution in [2.24, 2.45) is 0 Å². The zero-order chi connectivity index (χ0) is 35.4. The number of rotatable bonds is 12. The quantitative estimate of drug-likeness (QED) is 0.146. The summed E-state index contributed by atoms with van der Waals surface area (Å²) in [7, 11) is 0. The number of phenolic OH excluding ortho intramolecular Hbond substituents is 2. The zero-order valence-electron chi connectivity index (χ0n) is 31.2. The molecule has 47 heavy (non-hydrogen) atoms. The minimum atomic E-state index is -0.316. The van der Waals surface area contributed by atoms with Crippen LogP contribution in [0.1, 0.15) is 151 Å². The Hall–Kier alpha value is -3.00. The minimum absolute atomic E-state index is 0.122. The molecular weight excluding hydrogens is 607 g/mol. The van der Waals surface area contributed by atoms with Gasteiger partial charge < -0.3 is 19.7 Å². The molecule has 0 atom stereocenters. The molecule has 0 saturated heterocycles. The highest BCUT2D eigenvalue weighted by molar-refractivity contribution is 7.99. The molecular formula is C39H59N3O4S. The highest BCUT2D eigenvalue weighted by Crippen LogP contribution is 2.44. The summed E-state index contributed by atoms with van der Waals surface area (Å²) in [5, 5.41) is 23.0. The molecule has 3 aromatic rings. The number of aromatic nitrogens is 3. The van der Waals surface area contributed by atoms with E-state index in [0.29, 0.717) is 16.7 Å². The molecule has 0 aliphatic rings. The first-order chi connectivity index (χ1) is 21.6. The predicted octanol–water partition coefficient (Wildman–Crippen LogP) is 11.5. The lowest BCUT2D eigenvalue weighted by Gasteiger charge is -2.28. The van der Waals surface area contributed by atoms with Crippen molar-refractivity contribution in [2.45, 2.75) is 155 Å². The summed E-state index contributed by atoms with van der Waals surface area (Å²) in [5.74, 6) is 2.51. The lowest BCUT2D eigenvalue weighted by Crippen LogP contribution is -2.17. The van der Waals surface area contributed by atoms with Gasteiger partial charge in [-0.2, -0.15) is 9.97 Å². The van der Waals surface area contributed by atoms with Crippen molar-refractivity contribution in [1.82, 2.24) is 15.0 Å². The van der Waals surface area contributed by atoms with Gasteiger partial charge in [0, 0.05) is 28.0 Å². The molecule has 2 aromatic carbocycles. The van der Waals surface area contributed by atoms with E-state index < -0.39 is 0 Å². The number of thioether (sulfide) groups is 1. The Balaban J connectivity index is 2.07. The largest absolute Gasteiger partial charge is 0.507 e. The Labute approximate surface area is 288 Å². The molecule has 0 aliphatic carbocycles. The van der Waals surface area contributed by atoms with Gasteiger partial charge in [0.05, 0.1) is 0 Å². The van der Waals surface area contributed by atoms with Crippen LogP contribution in [-0.4, -0.2) is 30.9 Å². The van der Waals surface area contributed by atoms with Crippen molar-refractivity contribution >= 4 is 11.8 Å². The average Bonchev–Trinajstić information content (AvgIpc) is 2.91. The lowest BCUT2D eigenvalue weighted by molar-refractivity contribution is 0.376. The van der Waals surface area contributed by atoms with E-state index in [-0.39, 0.29) is 45.2 Å². The van der Waals surface area contributed by atoms with Crippen LogP contribution in [0.5, 0.6) is 35.0 Å². The van der Waals surface area contributed by atoms with E-state index in [4.69, 9.17) is 9.47 Å². The van der Waals surface area contributed by atoms with Crippen molar-refractivity contribution < 1.29 is 19.7 Å². The Kier molecular flexibility index (Phi) is 12.3. The van der Waals surface area contributed by atoms with Crippen molar-refractivity contribution in [3.05, 3.63) is 46.5 Å². The molecule has 0 fully saturated rings. The molecule has 0 saturated carbocycles. The molecule has 2 N–H and O–H groups in total. The Morgan fingerprint density at radius 3 is 1.21 bits per heavy atom. The molecule has 1 aromatic heterocycles. The predicted molar refractivity (Wildman–Crippen MR) is 195 cm³/mol. The van der Waals surface area contributed by atoms with Gasteiger partial charge in [-0.3, -0.25) is 0 Å². The summed E-state index contributed by atoms with van der Waals surface area (Å²) in [6.07, 6.45) is 7.24. The lowest BCUT2D eigenvalue weighted by atomic mass is 9.79. The number of aromatic hydroxyl groups is 2. The smallest absolute Gasteiger partial charge is 0.329 e. The minimum Gasteiger partial charge on any atom is -0.507 e. The number of nitrogens with zero attached hydrogens (tertiary/aromatic N) is 3. The van der Waals surface area contributed by atoms with Gasteiger partial charge in [-0.15, -0.1) is 4.98 Å². The van der Waals surface area contributed by atoms with E-state index in [2.05, 4.69) is 105 Å². The summed E-state index contributed by atoms with van der Waals surface area (Å²) in [4.78, 5) is 14.0. The van der Waals surface area contributed by atoms with Gasteiger partial charge in [0.15, 0.2) is 5.16 Å². The van der Waals surface area contributed by atoms with Crippen LogP contribution < -0.4 is 9.47 Å². The third-order valence-electron chi connectivity index (χ3n) is 8.12. The first kappa shape index (κ1) is 38.4. The number of phenols is 2. The first-order valence-corrected chi connectivity index (χ1v) is 18.1. The van der Waals surface area contributed by atoms with E-state index in [0.717, 1.165) is 34.4 Å². The van der Waals surface area contributed by atoms with Gasteiger partial charge in [0.1, 0.15) is 23.0 Å². The molecule has 0 spiro atoms. The standard InChI is InChI=1S/C39H59N3O4S/c1-14-15-16-17-18-19-20-47-35-41-33(45-25-21-27(36(2,3)4)31(43)28(22-25)37(5,6)7)40-34(42-35)46-26-23-29(38(8,9)10)32(44)30(24-26)39(11,12)13/h21-24,43-44H,14-20H2,1-13H3. The number of unbranched alkanes of at least 4 members (excludes halogenated alkanes) is 5. The fraction of sp³-hybridized carbons (Fsp3) is 0.615. The molecule has 0 unspecified atom stereocenters. The summed E-state index contributed by atoms with van der Waals surface area (Å²) < 4.78 is 12.7.